The molecule has 0 radical (unpaired) electrons. The van der Waals surface area contributed by atoms with Crippen molar-refractivity contribution in [3.05, 3.63) is 23.8 Å². The van der Waals surface area contributed by atoms with Crippen LogP contribution in [-0.2, 0) is 4.74 Å². The second-order valence-electron chi connectivity index (χ2n) is 4.43. The minimum absolute atomic E-state index is 0.418. The lowest BCUT2D eigenvalue weighted by atomic mass is 10.0. The zero-order valence-electron chi connectivity index (χ0n) is 10.1. The lowest BCUT2D eigenvalue weighted by molar-refractivity contribution is 0.0819. The van der Waals surface area contributed by atoms with Crippen LogP contribution in [0.25, 0.3) is 0 Å². The van der Waals surface area contributed by atoms with E-state index < -0.39 is 0 Å². The molecule has 2 N–H and O–H groups in total. The van der Waals surface area contributed by atoms with Gasteiger partial charge in [-0.15, -0.1) is 0 Å². The summed E-state index contributed by atoms with van der Waals surface area (Å²) in [5, 5.41) is 0. The largest absolute Gasteiger partial charge is 0.397 e. The highest BCUT2D eigenvalue weighted by atomic mass is 16.5. The maximum atomic E-state index is 6.05. The summed E-state index contributed by atoms with van der Waals surface area (Å²) >= 11 is 0. The van der Waals surface area contributed by atoms with Gasteiger partial charge < -0.3 is 15.4 Å². The summed E-state index contributed by atoms with van der Waals surface area (Å²) < 4.78 is 5.38. The third kappa shape index (κ3) is 2.14. The number of anilines is 2. The first kappa shape index (κ1) is 11.3. The molecule has 0 amide bonds. The molecule has 0 atom stereocenters. The summed E-state index contributed by atoms with van der Waals surface area (Å²) in [6.45, 7) is 4.19. The third-order valence-electron chi connectivity index (χ3n) is 3.36. The van der Waals surface area contributed by atoms with Crippen molar-refractivity contribution in [2.75, 3.05) is 30.8 Å². The molecule has 1 aromatic carbocycles. The van der Waals surface area contributed by atoms with Gasteiger partial charge in [0.25, 0.3) is 0 Å². The van der Waals surface area contributed by atoms with Crippen molar-refractivity contribution in [1.29, 1.82) is 0 Å². The van der Waals surface area contributed by atoms with Gasteiger partial charge in [0.15, 0.2) is 0 Å². The minimum atomic E-state index is 0.418. The zero-order valence-corrected chi connectivity index (χ0v) is 10.1. The van der Waals surface area contributed by atoms with Gasteiger partial charge in [-0.2, -0.15) is 0 Å². The van der Waals surface area contributed by atoms with Crippen molar-refractivity contribution < 1.29 is 4.74 Å². The molecule has 16 heavy (non-hydrogen) atoms. The van der Waals surface area contributed by atoms with Crippen LogP contribution in [0.2, 0.25) is 0 Å². The smallest absolute Gasteiger partial charge is 0.0629 e. The molecule has 2 rings (SSSR count). The SMILES string of the molecule is COC1CCN(c2c(C)cccc2N)CC1. The number of ether oxygens (including phenoxy) is 1. The molecule has 0 aromatic heterocycles. The molecule has 1 heterocycles. The Morgan fingerprint density at radius 1 is 1.31 bits per heavy atom. The molecule has 1 aromatic rings. The van der Waals surface area contributed by atoms with E-state index in [1.165, 1.54) is 11.3 Å². The number of para-hydroxylation sites is 1. The second kappa shape index (κ2) is 4.74. The maximum Gasteiger partial charge on any atom is 0.0629 e. The number of piperidine rings is 1. The molecule has 1 aliphatic heterocycles. The minimum Gasteiger partial charge on any atom is -0.397 e. The zero-order chi connectivity index (χ0) is 11.5. The standard InChI is InChI=1S/C13H20N2O/c1-10-4-3-5-12(14)13(10)15-8-6-11(16-2)7-9-15/h3-5,11H,6-9,14H2,1-2H3. The summed E-state index contributed by atoms with van der Waals surface area (Å²) in [5.41, 5.74) is 9.40. The van der Waals surface area contributed by atoms with Crippen molar-refractivity contribution in [2.24, 2.45) is 0 Å². The van der Waals surface area contributed by atoms with Crippen LogP contribution >= 0.6 is 0 Å². The first-order valence-corrected chi connectivity index (χ1v) is 5.85. The number of aryl methyl sites for hydroxylation is 1. The molecule has 0 unspecified atom stereocenters. The summed E-state index contributed by atoms with van der Waals surface area (Å²) in [6, 6.07) is 6.11. The number of nitrogens with two attached hydrogens (primary N) is 1. The Morgan fingerprint density at radius 3 is 2.56 bits per heavy atom. The van der Waals surface area contributed by atoms with Gasteiger partial charge in [0.2, 0.25) is 0 Å². The monoisotopic (exact) mass is 220 g/mol. The first-order chi connectivity index (χ1) is 7.72. The van der Waals surface area contributed by atoms with Crippen LogP contribution in [0.3, 0.4) is 0 Å². The summed E-state index contributed by atoms with van der Waals surface area (Å²) in [5.74, 6) is 0. The Labute approximate surface area is 97.2 Å². The van der Waals surface area contributed by atoms with E-state index in [9.17, 15) is 0 Å². The van der Waals surface area contributed by atoms with E-state index in [-0.39, 0.29) is 0 Å². The number of hydrogen-bond acceptors (Lipinski definition) is 3. The van der Waals surface area contributed by atoms with Crippen LogP contribution in [0, 0.1) is 6.92 Å². The number of hydrogen-bond donors (Lipinski definition) is 1. The fourth-order valence-electron chi connectivity index (χ4n) is 2.43. The van der Waals surface area contributed by atoms with Crippen molar-refractivity contribution in [1.82, 2.24) is 0 Å². The summed E-state index contributed by atoms with van der Waals surface area (Å²) in [4.78, 5) is 2.38. The molecule has 0 bridgehead atoms. The van der Waals surface area contributed by atoms with Crippen LogP contribution in [0.5, 0.6) is 0 Å². The van der Waals surface area contributed by atoms with Crippen LogP contribution in [0.4, 0.5) is 11.4 Å². The molecule has 88 valence electrons. The Bertz CT molecular complexity index is 337. The number of rotatable bonds is 2. The van der Waals surface area contributed by atoms with Crippen LogP contribution in [0.15, 0.2) is 18.2 Å². The number of methoxy groups -OCH3 is 1. The van der Waals surface area contributed by atoms with E-state index in [2.05, 4.69) is 17.9 Å². The molecule has 0 spiro atoms. The maximum absolute atomic E-state index is 6.05. The molecule has 1 aliphatic rings. The highest BCUT2D eigenvalue weighted by Crippen LogP contribution is 2.30. The van der Waals surface area contributed by atoms with Gasteiger partial charge >= 0.3 is 0 Å². The van der Waals surface area contributed by atoms with Gasteiger partial charge in [-0.3, -0.25) is 0 Å². The van der Waals surface area contributed by atoms with E-state index in [1.54, 1.807) is 7.11 Å². The lowest BCUT2D eigenvalue weighted by Gasteiger charge is -2.34. The number of nitrogens with zero attached hydrogens (tertiary/aromatic N) is 1. The van der Waals surface area contributed by atoms with E-state index >= 15 is 0 Å². The van der Waals surface area contributed by atoms with Crippen LogP contribution in [0.1, 0.15) is 18.4 Å². The van der Waals surface area contributed by atoms with E-state index in [0.717, 1.165) is 31.6 Å². The number of benzene rings is 1. The Balaban J connectivity index is 2.14. The van der Waals surface area contributed by atoms with Crippen molar-refractivity contribution in [3.63, 3.8) is 0 Å². The van der Waals surface area contributed by atoms with Crippen molar-refractivity contribution in [2.45, 2.75) is 25.9 Å². The van der Waals surface area contributed by atoms with Gasteiger partial charge in [-0.1, -0.05) is 12.1 Å². The highest BCUT2D eigenvalue weighted by Gasteiger charge is 2.21. The first-order valence-electron chi connectivity index (χ1n) is 5.85. The van der Waals surface area contributed by atoms with Crippen molar-refractivity contribution in [3.8, 4) is 0 Å². The highest BCUT2D eigenvalue weighted by molar-refractivity contribution is 5.71. The Morgan fingerprint density at radius 2 is 2.00 bits per heavy atom. The summed E-state index contributed by atoms with van der Waals surface area (Å²) in [6.07, 6.45) is 2.59. The van der Waals surface area contributed by atoms with Gasteiger partial charge in [0.1, 0.15) is 0 Å². The molecule has 0 saturated carbocycles. The molecular weight excluding hydrogens is 200 g/mol. The normalized spacial score (nSPS) is 17.8. The molecule has 1 saturated heterocycles. The van der Waals surface area contributed by atoms with E-state index in [4.69, 9.17) is 10.5 Å². The third-order valence-corrected chi connectivity index (χ3v) is 3.36. The van der Waals surface area contributed by atoms with Crippen LogP contribution < -0.4 is 10.6 Å². The fourth-order valence-corrected chi connectivity index (χ4v) is 2.43. The molecule has 3 nitrogen and oxygen atoms in total. The van der Waals surface area contributed by atoms with Gasteiger partial charge in [-0.05, 0) is 31.4 Å². The average Bonchev–Trinajstić information content (AvgIpc) is 2.30. The number of nitrogen functional groups attached to an aromatic ring is 1. The summed E-state index contributed by atoms with van der Waals surface area (Å²) in [7, 11) is 1.79. The van der Waals surface area contributed by atoms with Gasteiger partial charge in [0.05, 0.1) is 17.5 Å². The quantitative estimate of drug-likeness (QED) is 0.776. The molecule has 1 fully saturated rings. The lowest BCUT2D eigenvalue weighted by Crippen LogP contribution is -2.37. The second-order valence-corrected chi connectivity index (χ2v) is 4.43. The Hall–Kier alpha value is -1.22. The fraction of sp³-hybridized carbons (Fsp3) is 0.538. The average molecular weight is 220 g/mol. The Kier molecular flexibility index (Phi) is 3.34. The van der Waals surface area contributed by atoms with E-state index in [1.807, 2.05) is 12.1 Å². The molecule has 0 aliphatic carbocycles. The van der Waals surface area contributed by atoms with Crippen molar-refractivity contribution >= 4 is 11.4 Å². The topological polar surface area (TPSA) is 38.5 Å². The van der Waals surface area contributed by atoms with Crippen LogP contribution in [-0.4, -0.2) is 26.3 Å². The molecule has 3 heteroatoms. The predicted molar refractivity (Wildman–Crippen MR) is 67.8 cm³/mol. The van der Waals surface area contributed by atoms with Gasteiger partial charge in [-0.25, -0.2) is 0 Å². The molecular formula is C13H20N2O. The predicted octanol–water partition coefficient (Wildman–Crippen LogP) is 2.19. The van der Waals surface area contributed by atoms with E-state index in [0.29, 0.717) is 6.10 Å². The van der Waals surface area contributed by atoms with Gasteiger partial charge in [0, 0.05) is 20.2 Å².